The lowest BCUT2D eigenvalue weighted by atomic mass is 10.1. The molecule has 0 aliphatic rings. The van der Waals surface area contributed by atoms with Gasteiger partial charge >= 0.3 is 0 Å². The van der Waals surface area contributed by atoms with Crippen molar-refractivity contribution in [2.24, 2.45) is 0 Å². The molecule has 3 aromatic rings. The Kier molecular flexibility index (Phi) is 6.47. The van der Waals surface area contributed by atoms with E-state index in [1.807, 2.05) is 61.2 Å². The molecule has 6 nitrogen and oxygen atoms in total. The minimum atomic E-state index is -0.428. The zero-order chi connectivity index (χ0) is 19.2. The van der Waals surface area contributed by atoms with Crippen LogP contribution in [0.2, 0.25) is 5.02 Å². The molecule has 0 saturated carbocycles. The highest BCUT2D eigenvalue weighted by Gasteiger charge is 2.28. The van der Waals surface area contributed by atoms with Gasteiger partial charge in [-0.05, 0) is 54.1 Å². The Morgan fingerprint density at radius 2 is 1.78 bits per heavy atom. The van der Waals surface area contributed by atoms with Crippen LogP contribution in [0, 0.1) is 0 Å². The minimum absolute atomic E-state index is 0.0434. The topological polar surface area (TPSA) is 63.9 Å². The number of rotatable bonds is 7. The number of tetrazole rings is 1. The van der Waals surface area contributed by atoms with Crippen LogP contribution in [-0.2, 0) is 4.79 Å². The summed E-state index contributed by atoms with van der Waals surface area (Å²) in [7, 11) is 0. The van der Waals surface area contributed by atoms with Gasteiger partial charge in [0.15, 0.2) is 0 Å². The lowest BCUT2D eigenvalue weighted by Crippen LogP contribution is -2.34. The van der Waals surface area contributed by atoms with E-state index in [1.54, 1.807) is 16.8 Å². The molecule has 1 heterocycles. The zero-order valence-electron chi connectivity index (χ0n) is 15.1. The third-order valence-corrected chi connectivity index (χ3v) is 5.56. The van der Waals surface area contributed by atoms with Crippen molar-refractivity contribution in [3.8, 4) is 5.69 Å². The molecule has 0 aliphatic carbocycles. The molecule has 0 spiro atoms. The van der Waals surface area contributed by atoms with Crippen LogP contribution in [0.1, 0.15) is 24.7 Å². The van der Waals surface area contributed by atoms with Gasteiger partial charge in [0, 0.05) is 18.1 Å². The molecule has 0 aliphatic heterocycles. The van der Waals surface area contributed by atoms with E-state index in [2.05, 4.69) is 15.5 Å². The predicted molar refractivity (Wildman–Crippen MR) is 107 cm³/mol. The van der Waals surface area contributed by atoms with Crippen LogP contribution in [0.4, 0.5) is 0 Å². The monoisotopic (exact) mass is 401 g/mol. The van der Waals surface area contributed by atoms with Gasteiger partial charge in [0.05, 0.1) is 5.69 Å². The number of amides is 1. The third-order valence-electron chi connectivity index (χ3n) is 4.14. The second-order valence-electron chi connectivity index (χ2n) is 5.77. The molecule has 0 saturated heterocycles. The van der Waals surface area contributed by atoms with Crippen LogP contribution in [0.15, 0.2) is 59.8 Å². The summed E-state index contributed by atoms with van der Waals surface area (Å²) in [6.07, 6.45) is 0. The molecule has 1 atom stereocenters. The molecule has 1 aromatic heterocycles. The highest BCUT2D eigenvalue weighted by Crippen LogP contribution is 2.36. The molecule has 140 valence electrons. The summed E-state index contributed by atoms with van der Waals surface area (Å²) < 4.78 is 1.62. The second-order valence-corrected chi connectivity index (χ2v) is 7.28. The first-order valence-electron chi connectivity index (χ1n) is 8.68. The number of thioether (sulfide) groups is 1. The van der Waals surface area contributed by atoms with E-state index < -0.39 is 5.25 Å². The Hall–Kier alpha value is -2.38. The largest absolute Gasteiger partial charge is 0.342 e. The molecule has 0 bridgehead atoms. The highest BCUT2D eigenvalue weighted by atomic mass is 35.5. The van der Waals surface area contributed by atoms with Gasteiger partial charge < -0.3 is 4.90 Å². The Bertz CT molecular complexity index is 881. The fourth-order valence-electron chi connectivity index (χ4n) is 2.69. The van der Waals surface area contributed by atoms with Gasteiger partial charge in [-0.15, -0.1) is 5.10 Å². The van der Waals surface area contributed by atoms with Crippen molar-refractivity contribution in [2.45, 2.75) is 24.3 Å². The summed E-state index contributed by atoms with van der Waals surface area (Å²) in [4.78, 5) is 15.0. The van der Waals surface area contributed by atoms with E-state index in [4.69, 9.17) is 11.6 Å². The summed E-state index contributed by atoms with van der Waals surface area (Å²) in [6.45, 7) is 5.26. The van der Waals surface area contributed by atoms with Gasteiger partial charge in [0.25, 0.3) is 0 Å². The number of likely N-dealkylation sites (N-methyl/N-ethyl adjacent to an activating group) is 1. The van der Waals surface area contributed by atoms with E-state index in [0.717, 1.165) is 11.3 Å². The number of nitrogens with zero attached hydrogens (tertiary/aromatic N) is 5. The molecule has 3 rings (SSSR count). The van der Waals surface area contributed by atoms with Crippen molar-refractivity contribution in [2.75, 3.05) is 13.1 Å². The Morgan fingerprint density at radius 1 is 1.11 bits per heavy atom. The molecule has 0 N–H and O–H groups in total. The number of carbonyl (C=O) groups excluding carboxylic acids is 1. The van der Waals surface area contributed by atoms with Gasteiger partial charge in [-0.25, -0.2) is 0 Å². The maximum absolute atomic E-state index is 13.1. The maximum atomic E-state index is 13.1. The summed E-state index contributed by atoms with van der Waals surface area (Å²) >= 11 is 7.31. The van der Waals surface area contributed by atoms with Crippen molar-refractivity contribution in [3.63, 3.8) is 0 Å². The molecule has 2 aromatic carbocycles. The molecule has 27 heavy (non-hydrogen) atoms. The van der Waals surface area contributed by atoms with Gasteiger partial charge in [-0.3, -0.25) is 4.79 Å². The molecular weight excluding hydrogens is 382 g/mol. The van der Waals surface area contributed by atoms with E-state index in [0.29, 0.717) is 23.3 Å². The quantitative estimate of drug-likeness (QED) is 0.559. The second kappa shape index (κ2) is 9.01. The predicted octanol–water partition coefficient (Wildman–Crippen LogP) is 4.02. The lowest BCUT2D eigenvalue weighted by molar-refractivity contribution is -0.130. The van der Waals surface area contributed by atoms with Crippen LogP contribution in [-0.4, -0.2) is 44.1 Å². The normalized spacial score (nSPS) is 12.0. The van der Waals surface area contributed by atoms with Crippen LogP contribution in [0.3, 0.4) is 0 Å². The summed E-state index contributed by atoms with van der Waals surface area (Å²) in [5.74, 6) is 0.0434. The van der Waals surface area contributed by atoms with Crippen molar-refractivity contribution < 1.29 is 4.79 Å². The Morgan fingerprint density at radius 3 is 2.41 bits per heavy atom. The third kappa shape index (κ3) is 4.48. The van der Waals surface area contributed by atoms with Crippen molar-refractivity contribution in [1.82, 2.24) is 25.1 Å². The summed E-state index contributed by atoms with van der Waals surface area (Å²) in [6, 6.07) is 16.9. The first-order chi connectivity index (χ1) is 13.1. The Balaban J connectivity index is 1.95. The smallest absolute Gasteiger partial charge is 0.240 e. The average molecular weight is 402 g/mol. The van der Waals surface area contributed by atoms with E-state index >= 15 is 0 Å². The average Bonchev–Trinajstić information content (AvgIpc) is 3.16. The van der Waals surface area contributed by atoms with Crippen molar-refractivity contribution in [3.05, 3.63) is 65.2 Å². The van der Waals surface area contributed by atoms with Crippen LogP contribution in [0.5, 0.6) is 0 Å². The van der Waals surface area contributed by atoms with Gasteiger partial charge in [-0.1, -0.05) is 53.7 Å². The number of hydrogen-bond donors (Lipinski definition) is 0. The summed E-state index contributed by atoms with van der Waals surface area (Å²) in [5.41, 5.74) is 1.71. The van der Waals surface area contributed by atoms with Crippen molar-refractivity contribution >= 4 is 29.3 Å². The molecule has 0 radical (unpaired) electrons. The molecule has 1 amide bonds. The van der Waals surface area contributed by atoms with E-state index in [9.17, 15) is 4.79 Å². The lowest BCUT2D eigenvalue weighted by Gasteiger charge is -2.24. The van der Waals surface area contributed by atoms with E-state index in [-0.39, 0.29) is 5.91 Å². The number of aromatic nitrogens is 4. The maximum Gasteiger partial charge on any atom is 0.240 e. The molecule has 0 unspecified atom stereocenters. The van der Waals surface area contributed by atoms with Gasteiger partial charge in [0.2, 0.25) is 11.1 Å². The van der Waals surface area contributed by atoms with Crippen LogP contribution < -0.4 is 0 Å². The molecule has 8 heteroatoms. The van der Waals surface area contributed by atoms with Gasteiger partial charge in [0.1, 0.15) is 5.25 Å². The molecule has 0 fully saturated rings. The highest BCUT2D eigenvalue weighted by molar-refractivity contribution is 8.00. The van der Waals surface area contributed by atoms with E-state index in [1.165, 1.54) is 11.8 Å². The van der Waals surface area contributed by atoms with Crippen LogP contribution >= 0.6 is 23.4 Å². The number of carbonyl (C=O) groups is 1. The van der Waals surface area contributed by atoms with Crippen LogP contribution in [0.25, 0.3) is 5.69 Å². The number of halogens is 1. The number of benzene rings is 2. The SMILES string of the molecule is CCN(CC)C(=O)[C@H](Sc1nnnn1-c1ccc(Cl)cc1)c1ccccc1. The standard InChI is InChI=1S/C19H20ClN5OS/c1-3-24(4-2)18(26)17(14-8-6-5-7-9-14)27-19-21-22-23-25(19)16-12-10-15(20)11-13-16/h5-13,17H,3-4H2,1-2H3/t17-/m1/s1. The molecular formula is C19H20ClN5OS. The minimum Gasteiger partial charge on any atom is -0.342 e. The van der Waals surface area contributed by atoms with Gasteiger partial charge in [-0.2, -0.15) is 4.68 Å². The first kappa shape index (κ1) is 19.4. The fourth-order valence-corrected chi connectivity index (χ4v) is 3.90. The fraction of sp³-hybridized carbons (Fsp3) is 0.263. The van der Waals surface area contributed by atoms with Crippen molar-refractivity contribution in [1.29, 1.82) is 0 Å². The summed E-state index contributed by atoms with van der Waals surface area (Å²) in [5, 5.41) is 12.8. The zero-order valence-corrected chi connectivity index (χ0v) is 16.7. The Labute approximate surface area is 167 Å². The first-order valence-corrected chi connectivity index (χ1v) is 9.94. The number of hydrogen-bond acceptors (Lipinski definition) is 5.